The molecule has 1 aliphatic heterocycles. The van der Waals surface area contributed by atoms with Crippen LogP contribution in [0.3, 0.4) is 0 Å². The summed E-state index contributed by atoms with van der Waals surface area (Å²) in [7, 11) is 0. The molecule has 0 spiro atoms. The lowest BCUT2D eigenvalue weighted by Gasteiger charge is -2.34. The number of carboxylic acids is 1. The smallest absolute Gasteiger partial charge is 0.303 e. The van der Waals surface area contributed by atoms with Crippen molar-refractivity contribution >= 4 is 140 Å². The van der Waals surface area contributed by atoms with Crippen molar-refractivity contribution in [3.05, 3.63) is 102 Å². The number of H-pyrrole nitrogens is 2. The number of nitrogens with one attached hydrogen (secondary N) is 14. The first kappa shape index (κ1) is 88.7. The Morgan fingerprint density at radius 1 is 0.598 bits per heavy atom. The first-order chi connectivity index (χ1) is 53.0. The Kier molecular flexibility index (Phi) is 33.8. The van der Waals surface area contributed by atoms with Crippen LogP contribution in [0.2, 0.25) is 0 Å². The molecule has 6 rings (SSSR count). The van der Waals surface area contributed by atoms with E-state index >= 15 is 19.2 Å². The molecule has 28 N–H and O–H groups in total. The molecule has 16 amide bonds. The number of primary amides is 4. The summed E-state index contributed by atoms with van der Waals surface area (Å²) >= 11 is 0.914. The first-order valence-corrected chi connectivity index (χ1v) is 37.1. The number of aromatic amines is 2. The number of rotatable bonds is 36. The Bertz CT molecular complexity index is 4270. The minimum atomic E-state index is -2.09. The van der Waals surface area contributed by atoms with Crippen molar-refractivity contribution in [3.8, 4) is 0 Å². The molecule has 0 unspecified atom stereocenters. The molecule has 1 saturated heterocycles. The van der Waals surface area contributed by atoms with Crippen LogP contribution < -0.4 is 98.2 Å². The maximum absolute atomic E-state index is 15.5. The molecule has 1 aliphatic rings. The number of unbranched alkanes of at least 4 members (excludes halogenated alkanes) is 1. The quantitative estimate of drug-likeness (QED) is 0.0131. The zero-order valence-corrected chi connectivity index (χ0v) is 62.7. The van der Waals surface area contributed by atoms with E-state index in [4.69, 9.17) is 34.4 Å². The van der Waals surface area contributed by atoms with Gasteiger partial charge in [-0.15, -0.1) is 0 Å². The second-order valence-electron chi connectivity index (χ2n) is 27.2. The van der Waals surface area contributed by atoms with Gasteiger partial charge in [0.1, 0.15) is 66.0 Å². The van der Waals surface area contributed by atoms with Gasteiger partial charge in [-0.3, -0.25) is 81.5 Å². The van der Waals surface area contributed by atoms with Gasteiger partial charge in [-0.2, -0.15) is 11.8 Å². The Balaban J connectivity index is 1.43. The molecule has 606 valence electrons. The van der Waals surface area contributed by atoms with E-state index in [1.165, 1.54) is 31.2 Å². The molecule has 112 heavy (non-hydrogen) atoms. The summed E-state index contributed by atoms with van der Waals surface area (Å²) in [5.74, 6) is -18.8. The van der Waals surface area contributed by atoms with Gasteiger partial charge in [-0.1, -0.05) is 48.5 Å². The molecule has 39 nitrogen and oxygen atoms in total. The number of thioether (sulfide) groups is 1. The molecule has 3 aromatic carbocycles. The van der Waals surface area contributed by atoms with Crippen molar-refractivity contribution in [2.24, 2.45) is 28.7 Å². The van der Waals surface area contributed by atoms with E-state index < -0.39 is 230 Å². The molecule has 40 heteroatoms. The van der Waals surface area contributed by atoms with Gasteiger partial charge in [0.15, 0.2) is 0 Å². The maximum atomic E-state index is 15.5. The fourth-order valence-electron chi connectivity index (χ4n) is 12.1. The standard InChI is InChI=1S/C72H98N20O19S/c1-36(93)60-70(110)88-51(29-39-32-79-44-12-6-4-10-42(39)44)67(107)84-46(18-21-55(75)95)62(102)89-54(35-112-27-24-49(82-37(2)94)64(104)83-47(65(105)91-60)19-22-56(76)96)68(108)85-50(28-38-14-16-41(74)17-15-38)66(106)86-52(30-40-33-80-45-13-7-5-11-43(40)45)69(109)92-72(3,25-8-9-26-73)71(111)90-48(20-23-59(99)100)63(103)87-53(31-57(77)97)61(101)81-34-58(78)98/h4-7,10-17,32-33,36,46-54,60,79-80,93H,8-9,18-31,34-35,73-74H2,1-3H3,(H2,75,95)(H2,76,96)(H2,77,97)(H2,78,98)(H,81,101)(H,82,94)(H,83,104)(H,84,107)(H,85,108)(H,86,106)(H,87,103)(H,88,110)(H,89,102)(H,90,111)(H,91,105)(H,92,109)(H,99,100)/t36-,46+,47+,48+,49+,50+,51+,52+,53+,54+,60+,72+/m1/s1. The summed E-state index contributed by atoms with van der Waals surface area (Å²) in [5, 5.41) is 52.0. The van der Waals surface area contributed by atoms with E-state index in [0.29, 0.717) is 38.5 Å². The number of carbonyl (C=O) groups excluding carboxylic acids is 16. The number of para-hydroxylation sites is 2. The van der Waals surface area contributed by atoms with Crippen LogP contribution in [0.15, 0.2) is 85.2 Å². The van der Waals surface area contributed by atoms with Gasteiger partial charge >= 0.3 is 5.97 Å². The minimum absolute atomic E-state index is 0.0909. The van der Waals surface area contributed by atoms with Crippen molar-refractivity contribution < 1.29 is 91.7 Å². The fraction of sp³-hybridized carbons (Fsp3) is 0.458. The molecule has 0 aliphatic carbocycles. The van der Waals surface area contributed by atoms with Crippen LogP contribution in [-0.2, 0) is 101 Å². The van der Waals surface area contributed by atoms with Crippen LogP contribution >= 0.6 is 11.8 Å². The highest BCUT2D eigenvalue weighted by molar-refractivity contribution is 7.99. The zero-order valence-electron chi connectivity index (χ0n) is 61.9. The van der Waals surface area contributed by atoms with E-state index in [9.17, 15) is 72.5 Å². The minimum Gasteiger partial charge on any atom is -0.481 e. The van der Waals surface area contributed by atoms with E-state index in [0.717, 1.165) is 25.6 Å². The highest BCUT2D eigenvalue weighted by atomic mass is 32.2. The summed E-state index contributed by atoms with van der Waals surface area (Å²) in [4.78, 5) is 241. The zero-order chi connectivity index (χ0) is 82.5. The van der Waals surface area contributed by atoms with Crippen LogP contribution in [0, 0.1) is 0 Å². The van der Waals surface area contributed by atoms with E-state index in [2.05, 4.69) is 73.8 Å². The van der Waals surface area contributed by atoms with E-state index in [1.54, 1.807) is 60.9 Å². The molecular formula is C72H98N20O19S. The second kappa shape index (κ2) is 42.7. The topological polar surface area (TPSA) is 663 Å². The molecule has 3 heterocycles. The van der Waals surface area contributed by atoms with E-state index in [-0.39, 0.29) is 62.9 Å². The number of carboxylic acid groups (broad SMARTS) is 1. The number of hydrogen-bond acceptors (Lipinski definition) is 21. The lowest BCUT2D eigenvalue weighted by Crippen LogP contribution is -2.64. The molecule has 2 aromatic heterocycles. The Morgan fingerprint density at radius 2 is 1.15 bits per heavy atom. The monoisotopic (exact) mass is 1580 g/mol. The van der Waals surface area contributed by atoms with Crippen molar-refractivity contribution in [3.63, 3.8) is 0 Å². The lowest BCUT2D eigenvalue weighted by atomic mass is 9.91. The Hall–Kier alpha value is -12.2. The van der Waals surface area contributed by atoms with Crippen LogP contribution in [0.5, 0.6) is 0 Å². The first-order valence-electron chi connectivity index (χ1n) is 35.9. The number of benzene rings is 3. The lowest BCUT2D eigenvalue weighted by molar-refractivity contribution is -0.140. The summed E-state index contributed by atoms with van der Waals surface area (Å²) in [6.45, 7) is 2.87. The van der Waals surface area contributed by atoms with Crippen LogP contribution in [-0.4, -0.2) is 217 Å². The van der Waals surface area contributed by atoms with Gasteiger partial charge in [0.05, 0.1) is 19.1 Å². The third kappa shape index (κ3) is 27.7. The number of anilines is 1. The molecule has 5 aromatic rings. The third-order valence-electron chi connectivity index (χ3n) is 18.1. The summed E-state index contributed by atoms with van der Waals surface area (Å²) in [6, 6.07) is 2.53. The molecule has 1 fully saturated rings. The molecule has 0 saturated carbocycles. The van der Waals surface area contributed by atoms with Gasteiger partial charge in [-0.25, -0.2) is 0 Å². The van der Waals surface area contributed by atoms with Crippen LogP contribution in [0.4, 0.5) is 5.69 Å². The number of nitrogens with two attached hydrogens (primary N) is 6. The number of aromatic nitrogens is 2. The summed E-state index contributed by atoms with van der Waals surface area (Å²) in [6.07, 6.45) is -4.09. The predicted octanol–water partition coefficient (Wildman–Crippen LogP) is -5.48. The number of aliphatic hydroxyl groups is 1. The second-order valence-corrected chi connectivity index (χ2v) is 28.4. The van der Waals surface area contributed by atoms with E-state index in [1.807, 2.05) is 0 Å². The van der Waals surface area contributed by atoms with Crippen molar-refractivity contribution in [1.29, 1.82) is 0 Å². The van der Waals surface area contributed by atoms with Crippen LogP contribution in [0.1, 0.15) is 108 Å². The summed E-state index contributed by atoms with van der Waals surface area (Å²) < 4.78 is 0. The van der Waals surface area contributed by atoms with Crippen LogP contribution in [0.25, 0.3) is 21.8 Å². The number of carbonyl (C=O) groups is 17. The number of hydrogen-bond donors (Lipinski definition) is 22. The normalized spacial score (nSPS) is 19.2. The predicted molar refractivity (Wildman–Crippen MR) is 406 cm³/mol. The molecule has 0 radical (unpaired) electrons. The van der Waals surface area contributed by atoms with Gasteiger partial charge in [-0.05, 0) is 112 Å². The Labute approximate surface area is 646 Å². The fourth-order valence-corrected chi connectivity index (χ4v) is 13.1. The Morgan fingerprint density at radius 3 is 1.73 bits per heavy atom. The van der Waals surface area contributed by atoms with Gasteiger partial charge < -0.3 is 118 Å². The SMILES string of the molecule is CC(=O)N[C@H]1CCSC[C@@H](C(=O)N[C@@H](Cc2ccc(N)cc2)C(=O)N[C@@H](Cc2c[nH]c3ccccc23)C(=O)N[C@@](C)(CCCCN)C(=O)N[C@@H](CCC(=O)O)C(=O)N[C@@H](CC(N)=O)C(=O)NCC(N)=O)NC(=O)[C@H](CCC(N)=O)NC(=O)[C@H](Cc2c[nH]c3ccccc23)NC(=O)[C@H]([C@@H](C)O)NC(=O)[C@H](CCC(N)=O)NC1=O. The van der Waals surface area contributed by atoms with Gasteiger partial charge in [0.25, 0.3) is 0 Å². The molecule has 12 atom stereocenters. The maximum Gasteiger partial charge on any atom is 0.303 e. The number of nitrogen functional groups attached to an aromatic ring is 1. The number of amides is 16. The molecule has 0 bridgehead atoms. The van der Waals surface area contributed by atoms with Crippen molar-refractivity contribution in [2.45, 2.75) is 183 Å². The highest BCUT2D eigenvalue weighted by Gasteiger charge is 2.42. The number of aliphatic hydroxyl groups excluding tert-OH is 1. The number of fused-ring (bicyclic) bond motifs is 2. The highest BCUT2D eigenvalue weighted by Crippen LogP contribution is 2.24. The third-order valence-corrected chi connectivity index (χ3v) is 19.2. The van der Waals surface area contributed by atoms with Gasteiger partial charge in [0.2, 0.25) is 94.5 Å². The van der Waals surface area contributed by atoms with Crippen molar-refractivity contribution in [1.82, 2.24) is 73.8 Å². The summed E-state index contributed by atoms with van der Waals surface area (Å²) in [5.41, 5.74) is 34.2. The average molecular weight is 1580 g/mol. The van der Waals surface area contributed by atoms with Gasteiger partial charge in [0, 0.05) is 91.1 Å². The average Bonchev–Trinajstić information content (AvgIpc) is 1.51. The molecular weight excluding hydrogens is 1480 g/mol. The van der Waals surface area contributed by atoms with Crippen molar-refractivity contribution in [2.75, 3.05) is 30.3 Å². The largest absolute Gasteiger partial charge is 0.481 e. The number of aliphatic carboxylic acids is 1.